The summed E-state index contributed by atoms with van der Waals surface area (Å²) in [5.74, 6) is -0.747. The quantitative estimate of drug-likeness (QED) is 0.856. The van der Waals surface area contributed by atoms with Crippen molar-refractivity contribution in [3.63, 3.8) is 0 Å². The molecular weight excluding hydrogens is 284 g/mol. The number of hydrogen-bond donors (Lipinski definition) is 1. The molecule has 0 atom stereocenters. The highest BCUT2D eigenvalue weighted by molar-refractivity contribution is 7.99. The topological polar surface area (TPSA) is 55.1 Å². The van der Waals surface area contributed by atoms with Gasteiger partial charge in [-0.1, -0.05) is 31.2 Å². The van der Waals surface area contributed by atoms with Gasteiger partial charge >= 0.3 is 5.97 Å². The Labute approximate surface area is 128 Å². The number of aryl methyl sites for hydroxylation is 1. The second-order valence-corrected chi connectivity index (χ2v) is 7.26. The summed E-state index contributed by atoms with van der Waals surface area (Å²) in [4.78, 5) is 15.5. The molecule has 21 heavy (non-hydrogen) atoms. The van der Waals surface area contributed by atoms with Crippen LogP contribution in [0.3, 0.4) is 0 Å². The highest BCUT2D eigenvalue weighted by Crippen LogP contribution is 2.43. The highest BCUT2D eigenvalue weighted by Gasteiger charge is 2.33. The molecule has 1 aromatic heterocycles. The number of imidazole rings is 1. The van der Waals surface area contributed by atoms with Crippen LogP contribution in [0.5, 0.6) is 0 Å². The van der Waals surface area contributed by atoms with Crippen molar-refractivity contribution in [1.29, 1.82) is 0 Å². The second kappa shape index (κ2) is 5.37. The van der Waals surface area contributed by atoms with E-state index in [1.165, 1.54) is 36.6 Å². The predicted molar refractivity (Wildman–Crippen MR) is 84.8 cm³/mol. The van der Waals surface area contributed by atoms with Crippen molar-refractivity contribution in [1.82, 2.24) is 9.55 Å². The maximum Gasteiger partial charge on any atom is 0.313 e. The average Bonchev–Trinajstić information content (AvgIpc) is 2.71. The first-order chi connectivity index (χ1) is 9.97. The molecule has 5 heteroatoms. The fourth-order valence-electron chi connectivity index (χ4n) is 2.93. The maximum absolute atomic E-state index is 10.8. The summed E-state index contributed by atoms with van der Waals surface area (Å²) in [7, 11) is 0. The zero-order chi connectivity index (χ0) is 15.0. The predicted octanol–water partition coefficient (Wildman–Crippen LogP) is 3.71. The molecule has 1 aliphatic carbocycles. The maximum atomic E-state index is 10.8. The Balaban J connectivity index is 1.99. The summed E-state index contributed by atoms with van der Waals surface area (Å²) < 4.78 is 2.21. The summed E-state index contributed by atoms with van der Waals surface area (Å²) in [6, 6.07) is 6.26. The Morgan fingerprint density at radius 1 is 1.48 bits per heavy atom. The Kier molecular flexibility index (Phi) is 3.69. The molecule has 1 N–H and O–H groups in total. The monoisotopic (exact) mass is 304 g/mol. The number of carboxylic acid groups (broad SMARTS) is 1. The summed E-state index contributed by atoms with van der Waals surface area (Å²) >= 11 is 1.31. The van der Waals surface area contributed by atoms with Crippen molar-refractivity contribution in [3.8, 4) is 0 Å². The SMILES string of the molecule is Cc1ccc2c(c1)nc(SCC(=O)O)n2CC1(C)CCC1. The molecule has 112 valence electrons. The molecule has 0 radical (unpaired) electrons. The van der Waals surface area contributed by atoms with E-state index in [2.05, 4.69) is 41.6 Å². The van der Waals surface area contributed by atoms with E-state index in [4.69, 9.17) is 5.11 Å². The van der Waals surface area contributed by atoms with Gasteiger partial charge in [0, 0.05) is 6.54 Å². The van der Waals surface area contributed by atoms with Gasteiger partial charge in [0.25, 0.3) is 0 Å². The molecule has 1 aromatic carbocycles. The largest absolute Gasteiger partial charge is 0.481 e. The van der Waals surface area contributed by atoms with E-state index >= 15 is 0 Å². The zero-order valence-electron chi connectivity index (χ0n) is 12.4. The molecule has 4 nitrogen and oxygen atoms in total. The second-order valence-electron chi connectivity index (χ2n) is 6.32. The normalized spacial score (nSPS) is 16.9. The van der Waals surface area contributed by atoms with Gasteiger partial charge in [0.05, 0.1) is 16.8 Å². The zero-order valence-corrected chi connectivity index (χ0v) is 13.2. The van der Waals surface area contributed by atoms with E-state index in [1.807, 2.05) is 0 Å². The van der Waals surface area contributed by atoms with Crippen molar-refractivity contribution in [2.75, 3.05) is 5.75 Å². The highest BCUT2D eigenvalue weighted by atomic mass is 32.2. The van der Waals surface area contributed by atoms with Crippen LogP contribution in [0.15, 0.2) is 23.4 Å². The van der Waals surface area contributed by atoms with Crippen molar-refractivity contribution in [2.45, 2.75) is 44.8 Å². The van der Waals surface area contributed by atoms with E-state index in [0.29, 0.717) is 5.41 Å². The van der Waals surface area contributed by atoms with E-state index in [9.17, 15) is 4.79 Å². The molecule has 0 unspecified atom stereocenters. The Bertz CT molecular complexity index is 689. The first-order valence-electron chi connectivity index (χ1n) is 7.28. The van der Waals surface area contributed by atoms with Gasteiger partial charge in [-0.15, -0.1) is 0 Å². The molecule has 2 aromatic rings. The van der Waals surface area contributed by atoms with Crippen LogP contribution in [0.25, 0.3) is 11.0 Å². The van der Waals surface area contributed by atoms with Gasteiger partial charge < -0.3 is 9.67 Å². The molecule has 1 fully saturated rings. The van der Waals surface area contributed by atoms with Crippen molar-refractivity contribution in [2.24, 2.45) is 5.41 Å². The standard InChI is InChI=1S/C16H20N2O2S/c1-11-4-5-13-12(8-11)17-15(21-9-14(19)20)18(13)10-16(2)6-3-7-16/h4-5,8H,3,6-7,9-10H2,1-2H3,(H,19,20). The van der Waals surface area contributed by atoms with Gasteiger partial charge in [0.15, 0.2) is 5.16 Å². The molecule has 0 aliphatic heterocycles. The Hall–Kier alpha value is -1.49. The third-order valence-electron chi connectivity index (χ3n) is 4.29. The number of nitrogens with zero attached hydrogens (tertiary/aromatic N) is 2. The number of carboxylic acids is 1. The van der Waals surface area contributed by atoms with Crippen LogP contribution < -0.4 is 0 Å². The minimum atomic E-state index is -0.801. The smallest absolute Gasteiger partial charge is 0.313 e. The number of carbonyl (C=O) groups is 1. The Morgan fingerprint density at radius 3 is 2.86 bits per heavy atom. The van der Waals surface area contributed by atoms with Crippen molar-refractivity contribution in [3.05, 3.63) is 23.8 Å². The lowest BCUT2D eigenvalue weighted by atomic mass is 9.70. The minimum absolute atomic E-state index is 0.0546. The number of aliphatic carboxylic acids is 1. The summed E-state index contributed by atoms with van der Waals surface area (Å²) in [5, 5.41) is 9.74. The summed E-state index contributed by atoms with van der Waals surface area (Å²) in [5.41, 5.74) is 3.58. The van der Waals surface area contributed by atoms with Crippen LogP contribution in [0, 0.1) is 12.3 Å². The number of thioether (sulfide) groups is 1. The minimum Gasteiger partial charge on any atom is -0.481 e. The summed E-state index contributed by atoms with van der Waals surface area (Å²) in [6.07, 6.45) is 3.77. The fourth-order valence-corrected chi connectivity index (χ4v) is 3.66. The van der Waals surface area contributed by atoms with Gasteiger partial charge in [-0.3, -0.25) is 4.79 Å². The van der Waals surface area contributed by atoms with Gasteiger partial charge in [-0.2, -0.15) is 0 Å². The molecule has 0 saturated heterocycles. The van der Waals surface area contributed by atoms with Crippen LogP contribution in [0.1, 0.15) is 31.7 Å². The van der Waals surface area contributed by atoms with Gasteiger partial charge in [0.2, 0.25) is 0 Å². The average molecular weight is 304 g/mol. The molecule has 1 aliphatic rings. The number of hydrogen-bond acceptors (Lipinski definition) is 3. The Morgan fingerprint density at radius 2 is 2.24 bits per heavy atom. The molecular formula is C16H20N2O2S. The van der Waals surface area contributed by atoms with Gasteiger partial charge in [-0.25, -0.2) is 4.98 Å². The van der Waals surface area contributed by atoms with Crippen LogP contribution in [0.4, 0.5) is 0 Å². The van der Waals surface area contributed by atoms with Gasteiger partial charge in [-0.05, 0) is 42.9 Å². The van der Waals surface area contributed by atoms with E-state index < -0.39 is 5.97 Å². The first kappa shape index (κ1) is 14.4. The number of fused-ring (bicyclic) bond motifs is 1. The van der Waals surface area contributed by atoms with Crippen LogP contribution >= 0.6 is 11.8 Å². The molecule has 1 saturated carbocycles. The first-order valence-corrected chi connectivity index (χ1v) is 8.27. The van der Waals surface area contributed by atoms with E-state index in [0.717, 1.165) is 22.7 Å². The third kappa shape index (κ3) is 2.93. The molecule has 1 heterocycles. The van der Waals surface area contributed by atoms with Crippen LogP contribution in [-0.4, -0.2) is 26.4 Å². The van der Waals surface area contributed by atoms with E-state index in [1.54, 1.807) is 0 Å². The summed E-state index contributed by atoms with van der Waals surface area (Å²) in [6.45, 7) is 5.28. The fraction of sp³-hybridized carbons (Fsp3) is 0.500. The molecule has 3 rings (SSSR count). The number of aromatic nitrogens is 2. The van der Waals surface area contributed by atoms with Crippen LogP contribution in [-0.2, 0) is 11.3 Å². The lowest BCUT2D eigenvalue weighted by Gasteiger charge is -2.39. The number of benzene rings is 1. The lowest BCUT2D eigenvalue weighted by molar-refractivity contribution is -0.133. The number of rotatable bonds is 5. The third-order valence-corrected chi connectivity index (χ3v) is 5.26. The van der Waals surface area contributed by atoms with Gasteiger partial charge in [0.1, 0.15) is 0 Å². The van der Waals surface area contributed by atoms with Crippen molar-refractivity contribution >= 4 is 28.8 Å². The molecule has 0 spiro atoms. The lowest BCUT2D eigenvalue weighted by Crippen LogP contribution is -2.31. The van der Waals surface area contributed by atoms with Crippen LogP contribution in [0.2, 0.25) is 0 Å². The molecule has 0 amide bonds. The van der Waals surface area contributed by atoms with Crippen molar-refractivity contribution < 1.29 is 9.90 Å². The van der Waals surface area contributed by atoms with E-state index in [-0.39, 0.29) is 5.75 Å². The molecule has 0 bridgehead atoms.